The van der Waals surface area contributed by atoms with Crippen LogP contribution < -0.4 is 10.2 Å². The minimum atomic E-state index is -0.475. The molecule has 4 rings (SSSR count). The molecule has 9 heteroatoms. The van der Waals surface area contributed by atoms with E-state index in [1.807, 2.05) is 0 Å². The Kier molecular flexibility index (Phi) is 4.29. The molecule has 1 saturated heterocycles. The molecule has 3 aromatic rings. The van der Waals surface area contributed by atoms with Crippen molar-refractivity contribution in [2.45, 2.75) is 0 Å². The number of anilines is 3. The van der Waals surface area contributed by atoms with Crippen molar-refractivity contribution in [3.8, 4) is 0 Å². The molecule has 1 aliphatic heterocycles. The van der Waals surface area contributed by atoms with Gasteiger partial charge in [0.15, 0.2) is 5.82 Å². The molecule has 0 radical (unpaired) electrons. The number of hydrogen-bond donors (Lipinski definition) is 1. The highest BCUT2D eigenvalue weighted by atomic mass is 35.5. The SMILES string of the molecule is Fc1ccc(Nc2ncnc3cnc(N4CCOCC4)nc23)cc1Cl. The van der Waals surface area contributed by atoms with E-state index in [0.717, 1.165) is 13.1 Å². The number of morpholine rings is 1. The molecule has 2 aromatic heterocycles. The molecule has 0 saturated carbocycles. The second kappa shape index (κ2) is 6.73. The second-order valence-electron chi connectivity index (χ2n) is 5.48. The number of fused-ring (bicyclic) bond motifs is 1. The van der Waals surface area contributed by atoms with Crippen LogP contribution in [0.4, 0.5) is 21.8 Å². The van der Waals surface area contributed by atoms with Gasteiger partial charge in [-0.1, -0.05) is 11.6 Å². The van der Waals surface area contributed by atoms with Crippen LogP contribution in [0.2, 0.25) is 5.02 Å². The lowest BCUT2D eigenvalue weighted by Gasteiger charge is -2.26. The van der Waals surface area contributed by atoms with Crippen LogP contribution in [0.15, 0.2) is 30.7 Å². The maximum Gasteiger partial charge on any atom is 0.226 e. The quantitative estimate of drug-likeness (QED) is 0.769. The fourth-order valence-electron chi connectivity index (χ4n) is 2.56. The number of nitrogens with zero attached hydrogens (tertiary/aromatic N) is 5. The van der Waals surface area contributed by atoms with Crippen molar-refractivity contribution in [3.05, 3.63) is 41.6 Å². The third-order valence-electron chi connectivity index (χ3n) is 3.84. The third kappa shape index (κ3) is 3.31. The summed E-state index contributed by atoms with van der Waals surface area (Å²) in [6.07, 6.45) is 3.09. The first-order valence-electron chi connectivity index (χ1n) is 7.73. The Morgan fingerprint density at radius 3 is 2.80 bits per heavy atom. The number of benzene rings is 1. The predicted octanol–water partition coefficient (Wildman–Crippen LogP) is 2.79. The lowest BCUT2D eigenvalue weighted by Crippen LogP contribution is -2.37. The Bertz CT molecular complexity index is 918. The topological polar surface area (TPSA) is 76.1 Å². The number of ether oxygens (including phenoxy) is 1. The fourth-order valence-corrected chi connectivity index (χ4v) is 2.74. The van der Waals surface area contributed by atoms with Gasteiger partial charge in [-0.3, -0.25) is 0 Å². The van der Waals surface area contributed by atoms with E-state index in [1.165, 1.54) is 18.5 Å². The van der Waals surface area contributed by atoms with Gasteiger partial charge < -0.3 is 15.0 Å². The van der Waals surface area contributed by atoms with Crippen molar-refractivity contribution in [2.75, 3.05) is 36.5 Å². The van der Waals surface area contributed by atoms with Crippen LogP contribution in [0, 0.1) is 5.82 Å². The van der Waals surface area contributed by atoms with Gasteiger partial charge in [0.2, 0.25) is 5.95 Å². The molecule has 1 N–H and O–H groups in total. The zero-order chi connectivity index (χ0) is 17.2. The molecule has 0 spiro atoms. The molecule has 1 fully saturated rings. The number of aromatic nitrogens is 4. The van der Waals surface area contributed by atoms with Gasteiger partial charge in [-0.15, -0.1) is 0 Å². The van der Waals surface area contributed by atoms with E-state index >= 15 is 0 Å². The van der Waals surface area contributed by atoms with E-state index in [-0.39, 0.29) is 5.02 Å². The zero-order valence-corrected chi connectivity index (χ0v) is 13.9. The summed E-state index contributed by atoms with van der Waals surface area (Å²) in [4.78, 5) is 19.5. The van der Waals surface area contributed by atoms with Crippen molar-refractivity contribution in [2.24, 2.45) is 0 Å². The van der Waals surface area contributed by atoms with Gasteiger partial charge in [0.25, 0.3) is 0 Å². The highest BCUT2D eigenvalue weighted by molar-refractivity contribution is 6.31. The summed E-state index contributed by atoms with van der Waals surface area (Å²) in [6.45, 7) is 2.75. The molecule has 7 nitrogen and oxygen atoms in total. The largest absolute Gasteiger partial charge is 0.378 e. The van der Waals surface area contributed by atoms with Gasteiger partial charge in [-0.2, -0.15) is 0 Å². The van der Waals surface area contributed by atoms with Crippen LogP contribution in [-0.4, -0.2) is 46.2 Å². The van der Waals surface area contributed by atoms with Crippen molar-refractivity contribution in [1.29, 1.82) is 0 Å². The van der Waals surface area contributed by atoms with E-state index in [4.69, 9.17) is 16.3 Å². The monoisotopic (exact) mass is 360 g/mol. The lowest BCUT2D eigenvalue weighted by molar-refractivity contribution is 0.122. The van der Waals surface area contributed by atoms with Crippen LogP contribution in [0.1, 0.15) is 0 Å². The van der Waals surface area contributed by atoms with Crippen molar-refractivity contribution >= 4 is 40.1 Å². The molecular weight excluding hydrogens is 347 g/mol. The lowest BCUT2D eigenvalue weighted by atomic mass is 10.3. The van der Waals surface area contributed by atoms with Gasteiger partial charge in [-0.25, -0.2) is 24.3 Å². The summed E-state index contributed by atoms with van der Waals surface area (Å²) in [7, 11) is 0. The summed E-state index contributed by atoms with van der Waals surface area (Å²) in [5.74, 6) is 0.632. The smallest absolute Gasteiger partial charge is 0.226 e. The van der Waals surface area contributed by atoms with Gasteiger partial charge in [0.05, 0.1) is 24.4 Å². The van der Waals surface area contributed by atoms with Gasteiger partial charge in [0.1, 0.15) is 23.2 Å². The molecule has 1 aromatic carbocycles. The van der Waals surface area contributed by atoms with Gasteiger partial charge in [0, 0.05) is 18.8 Å². The van der Waals surface area contributed by atoms with Gasteiger partial charge in [-0.05, 0) is 18.2 Å². The van der Waals surface area contributed by atoms with Crippen molar-refractivity contribution in [3.63, 3.8) is 0 Å². The minimum absolute atomic E-state index is 0.0343. The molecule has 3 heterocycles. The van der Waals surface area contributed by atoms with E-state index < -0.39 is 5.82 Å². The Morgan fingerprint density at radius 2 is 2.00 bits per heavy atom. The maximum atomic E-state index is 13.3. The van der Waals surface area contributed by atoms with Crippen LogP contribution in [0.3, 0.4) is 0 Å². The van der Waals surface area contributed by atoms with Crippen molar-refractivity contribution in [1.82, 2.24) is 19.9 Å². The first-order valence-corrected chi connectivity index (χ1v) is 8.11. The molecule has 1 aliphatic rings. The van der Waals surface area contributed by atoms with Gasteiger partial charge >= 0.3 is 0 Å². The molecule has 0 aliphatic carbocycles. The number of halogens is 2. The van der Waals surface area contributed by atoms with E-state index in [2.05, 4.69) is 30.2 Å². The van der Waals surface area contributed by atoms with Crippen LogP contribution in [0.25, 0.3) is 11.0 Å². The summed E-state index contributed by atoms with van der Waals surface area (Å²) < 4.78 is 18.7. The fraction of sp³-hybridized carbons (Fsp3) is 0.250. The summed E-state index contributed by atoms with van der Waals surface area (Å²) in [5, 5.41) is 3.14. The predicted molar refractivity (Wildman–Crippen MR) is 92.9 cm³/mol. The first-order chi connectivity index (χ1) is 12.2. The zero-order valence-electron chi connectivity index (χ0n) is 13.1. The van der Waals surface area contributed by atoms with E-state index in [1.54, 1.807) is 12.3 Å². The molecular formula is C16H14ClFN6O. The molecule has 0 atom stereocenters. The molecule has 128 valence electrons. The summed E-state index contributed by atoms with van der Waals surface area (Å²) in [5.41, 5.74) is 1.81. The average molecular weight is 361 g/mol. The second-order valence-corrected chi connectivity index (χ2v) is 5.89. The Labute approximate surface area is 147 Å². The molecule has 0 bridgehead atoms. The highest BCUT2D eigenvalue weighted by Gasteiger charge is 2.16. The summed E-state index contributed by atoms with van der Waals surface area (Å²) >= 11 is 5.83. The maximum absolute atomic E-state index is 13.3. The van der Waals surface area contributed by atoms with Crippen molar-refractivity contribution < 1.29 is 9.13 Å². The Balaban J connectivity index is 1.71. The first kappa shape index (κ1) is 15.9. The Hall–Kier alpha value is -2.58. The van der Waals surface area contributed by atoms with E-state index in [0.29, 0.717) is 41.7 Å². The standard InChI is InChI=1S/C16H14ClFN6O/c17-11-7-10(1-2-12(11)18)22-15-14-13(20-9-21-15)8-19-16(23-14)24-3-5-25-6-4-24/h1-2,7-9H,3-6H2,(H,20,21,22). The average Bonchev–Trinajstić information content (AvgIpc) is 2.65. The number of rotatable bonds is 3. The number of hydrogen-bond acceptors (Lipinski definition) is 7. The van der Waals surface area contributed by atoms with Crippen LogP contribution >= 0.6 is 11.6 Å². The molecule has 0 amide bonds. The molecule has 25 heavy (non-hydrogen) atoms. The Morgan fingerprint density at radius 1 is 1.16 bits per heavy atom. The number of nitrogens with one attached hydrogen (secondary N) is 1. The van der Waals surface area contributed by atoms with Crippen LogP contribution in [-0.2, 0) is 4.74 Å². The van der Waals surface area contributed by atoms with E-state index in [9.17, 15) is 4.39 Å². The normalized spacial score (nSPS) is 14.7. The molecule has 0 unspecified atom stereocenters. The third-order valence-corrected chi connectivity index (χ3v) is 4.13. The minimum Gasteiger partial charge on any atom is -0.378 e. The summed E-state index contributed by atoms with van der Waals surface area (Å²) in [6, 6.07) is 4.37. The highest BCUT2D eigenvalue weighted by Crippen LogP contribution is 2.25. The van der Waals surface area contributed by atoms with Crippen LogP contribution in [0.5, 0.6) is 0 Å².